The molecule has 2 fully saturated rings. The zero-order valence-electron chi connectivity index (χ0n) is 19.4. The number of likely N-dealkylation sites (tertiary alicyclic amines) is 1. The van der Waals surface area contributed by atoms with Gasteiger partial charge in [0.25, 0.3) is 10.0 Å². The van der Waals surface area contributed by atoms with Crippen LogP contribution in [0.4, 0.5) is 20.6 Å². The summed E-state index contributed by atoms with van der Waals surface area (Å²) < 4.78 is 45.7. The minimum absolute atomic E-state index is 0.00364. The predicted molar refractivity (Wildman–Crippen MR) is 130 cm³/mol. The molecule has 1 aliphatic carbocycles. The van der Waals surface area contributed by atoms with Crippen LogP contribution in [-0.4, -0.2) is 75.0 Å². The molecule has 2 atom stereocenters. The molecule has 1 N–H and O–H groups in total. The van der Waals surface area contributed by atoms with Crippen molar-refractivity contribution in [3.05, 3.63) is 59.9 Å². The number of nitrogens with zero attached hydrogens (tertiary/aromatic N) is 3. The fourth-order valence-electron chi connectivity index (χ4n) is 5.49. The van der Waals surface area contributed by atoms with Gasteiger partial charge >= 0.3 is 6.03 Å². The van der Waals surface area contributed by atoms with Gasteiger partial charge in [0.15, 0.2) is 0 Å². The van der Waals surface area contributed by atoms with E-state index in [0.29, 0.717) is 24.1 Å². The number of urea groups is 1. The molecule has 2 aromatic rings. The lowest BCUT2D eigenvalue weighted by Gasteiger charge is -2.33. The molecule has 0 unspecified atom stereocenters. The molecule has 0 saturated carbocycles. The van der Waals surface area contributed by atoms with Gasteiger partial charge in [0, 0.05) is 25.3 Å². The summed E-state index contributed by atoms with van der Waals surface area (Å²) in [6.45, 7) is 2.94. The highest BCUT2D eigenvalue weighted by atomic mass is 32.2. The standard InChI is InChI=1S/C25H25FN4O5S/c26-18-3-6-21-23(13-18)36(33,34)30(25(32)27-21)15-24(31)29-14-16-11-20(22(29)12-16)17-1-4-19(5-2-17)28-7-9-35-10-8-28/h1-6,11,13,16,22H,7-10,12,14-15H2,(H,27,32)/t16-,22-/m0/s1. The van der Waals surface area contributed by atoms with E-state index in [0.717, 1.165) is 48.5 Å². The fourth-order valence-corrected chi connectivity index (χ4v) is 6.93. The number of sulfonamides is 1. The van der Waals surface area contributed by atoms with Gasteiger partial charge in [-0.2, -0.15) is 0 Å². The Kier molecular flexibility index (Phi) is 5.49. The lowest BCUT2D eigenvalue weighted by atomic mass is 9.99. The van der Waals surface area contributed by atoms with Gasteiger partial charge in [0.1, 0.15) is 17.3 Å². The number of anilines is 2. The molecule has 3 amide bonds. The summed E-state index contributed by atoms with van der Waals surface area (Å²) in [6, 6.07) is 10.2. The summed E-state index contributed by atoms with van der Waals surface area (Å²) >= 11 is 0. The molecule has 6 rings (SSSR count). The van der Waals surface area contributed by atoms with Gasteiger partial charge in [-0.05, 0) is 53.8 Å². The Bertz CT molecular complexity index is 1370. The summed E-state index contributed by atoms with van der Waals surface area (Å²) in [5.41, 5.74) is 3.17. The maximum atomic E-state index is 13.7. The molecule has 9 nitrogen and oxygen atoms in total. The number of hydrogen-bond acceptors (Lipinski definition) is 6. The maximum absolute atomic E-state index is 13.7. The number of amides is 3. The monoisotopic (exact) mass is 512 g/mol. The van der Waals surface area contributed by atoms with Crippen molar-refractivity contribution in [3.8, 4) is 0 Å². The van der Waals surface area contributed by atoms with Crippen molar-refractivity contribution < 1.29 is 27.1 Å². The van der Waals surface area contributed by atoms with E-state index in [9.17, 15) is 22.4 Å². The molecule has 0 spiro atoms. The van der Waals surface area contributed by atoms with Crippen molar-refractivity contribution in [1.29, 1.82) is 0 Å². The quantitative estimate of drug-likeness (QED) is 0.676. The van der Waals surface area contributed by atoms with Crippen LogP contribution >= 0.6 is 0 Å². The first-order chi connectivity index (χ1) is 17.3. The topological polar surface area (TPSA) is 99.3 Å². The third-order valence-electron chi connectivity index (χ3n) is 7.26. The van der Waals surface area contributed by atoms with Gasteiger partial charge in [-0.3, -0.25) is 4.79 Å². The Balaban J connectivity index is 1.19. The highest BCUT2D eigenvalue weighted by Crippen LogP contribution is 2.42. The second-order valence-corrected chi connectivity index (χ2v) is 11.2. The zero-order valence-corrected chi connectivity index (χ0v) is 20.2. The Labute approximate surface area is 208 Å². The lowest BCUT2D eigenvalue weighted by molar-refractivity contribution is -0.131. The average molecular weight is 513 g/mol. The van der Waals surface area contributed by atoms with E-state index in [-0.39, 0.29) is 22.5 Å². The molecule has 3 aliphatic heterocycles. The van der Waals surface area contributed by atoms with E-state index >= 15 is 0 Å². The largest absolute Gasteiger partial charge is 0.378 e. The summed E-state index contributed by atoms with van der Waals surface area (Å²) in [7, 11) is -4.37. The summed E-state index contributed by atoms with van der Waals surface area (Å²) in [6.07, 6.45) is 2.95. The average Bonchev–Trinajstić information content (AvgIpc) is 3.49. The molecule has 0 radical (unpaired) electrons. The molecule has 2 aromatic carbocycles. The number of nitrogens with one attached hydrogen (secondary N) is 1. The SMILES string of the molecule is O=C(CN1C(=O)Nc2ccc(F)cc2S1(=O)=O)N1C[C@H]2C=C(c3ccc(N4CCOCC4)cc3)[C@@H]1C2. The van der Waals surface area contributed by atoms with E-state index < -0.39 is 34.3 Å². The van der Waals surface area contributed by atoms with E-state index in [4.69, 9.17) is 4.74 Å². The van der Waals surface area contributed by atoms with Crippen molar-refractivity contribution in [3.63, 3.8) is 0 Å². The first kappa shape index (κ1) is 23.0. The summed E-state index contributed by atoms with van der Waals surface area (Å²) in [4.78, 5) is 29.4. The molecular formula is C25H25FN4O5S. The second kappa shape index (κ2) is 8.59. The molecule has 0 aromatic heterocycles. The Hall–Kier alpha value is -3.44. The molecule has 4 aliphatic rings. The number of hydrogen-bond donors (Lipinski definition) is 1. The van der Waals surface area contributed by atoms with Gasteiger partial charge < -0.3 is 19.9 Å². The molecule has 11 heteroatoms. The number of halogens is 1. The number of ether oxygens (including phenoxy) is 1. The van der Waals surface area contributed by atoms with Gasteiger partial charge in [-0.25, -0.2) is 21.9 Å². The smallest absolute Gasteiger partial charge is 0.336 e. The molecule has 2 saturated heterocycles. The van der Waals surface area contributed by atoms with Crippen molar-refractivity contribution in [2.24, 2.45) is 5.92 Å². The third-order valence-corrected chi connectivity index (χ3v) is 9.03. The van der Waals surface area contributed by atoms with E-state index in [1.54, 1.807) is 4.90 Å². The fraction of sp³-hybridized carbons (Fsp3) is 0.360. The van der Waals surface area contributed by atoms with Gasteiger partial charge in [-0.1, -0.05) is 18.2 Å². The summed E-state index contributed by atoms with van der Waals surface area (Å²) in [5, 5.41) is 2.44. The minimum atomic E-state index is -4.37. The number of benzene rings is 2. The van der Waals surface area contributed by atoms with E-state index in [2.05, 4.69) is 28.4 Å². The van der Waals surface area contributed by atoms with Crippen LogP contribution < -0.4 is 10.2 Å². The lowest BCUT2D eigenvalue weighted by Crippen LogP contribution is -2.50. The number of rotatable bonds is 4. The Morgan fingerprint density at radius 2 is 1.86 bits per heavy atom. The van der Waals surface area contributed by atoms with Crippen LogP contribution in [-0.2, 0) is 19.6 Å². The molecule has 3 heterocycles. The first-order valence-corrected chi connectivity index (χ1v) is 13.3. The number of carbonyl (C=O) groups excluding carboxylic acids is 2. The molecule has 188 valence electrons. The molecular weight excluding hydrogens is 487 g/mol. The van der Waals surface area contributed by atoms with Crippen molar-refractivity contribution in [2.75, 3.05) is 49.6 Å². The maximum Gasteiger partial charge on any atom is 0.336 e. The van der Waals surface area contributed by atoms with Gasteiger partial charge in [-0.15, -0.1) is 0 Å². The van der Waals surface area contributed by atoms with E-state index in [1.807, 2.05) is 12.1 Å². The second-order valence-electron chi connectivity index (χ2n) is 9.41. The Morgan fingerprint density at radius 1 is 1.11 bits per heavy atom. The van der Waals surface area contributed by atoms with Gasteiger partial charge in [0.05, 0.1) is 24.9 Å². The van der Waals surface area contributed by atoms with Crippen LogP contribution in [0.15, 0.2) is 53.4 Å². The molecule has 36 heavy (non-hydrogen) atoms. The zero-order chi connectivity index (χ0) is 25.0. The van der Waals surface area contributed by atoms with Crippen LogP contribution in [0, 0.1) is 11.7 Å². The minimum Gasteiger partial charge on any atom is -0.378 e. The van der Waals surface area contributed by atoms with Crippen LogP contribution in [0.1, 0.15) is 12.0 Å². The Morgan fingerprint density at radius 3 is 2.58 bits per heavy atom. The number of morpholine rings is 1. The highest BCUT2D eigenvalue weighted by molar-refractivity contribution is 7.90. The number of carbonyl (C=O) groups is 2. The normalized spacial score (nSPS) is 24.4. The van der Waals surface area contributed by atoms with E-state index in [1.165, 1.54) is 6.07 Å². The third kappa shape index (κ3) is 3.82. The van der Waals surface area contributed by atoms with Crippen LogP contribution in [0.2, 0.25) is 0 Å². The highest BCUT2D eigenvalue weighted by Gasteiger charge is 2.45. The van der Waals surface area contributed by atoms with Crippen LogP contribution in [0.25, 0.3) is 5.57 Å². The predicted octanol–water partition coefficient (Wildman–Crippen LogP) is 2.51. The number of fused-ring (bicyclic) bond motifs is 3. The van der Waals surface area contributed by atoms with Crippen LogP contribution in [0.5, 0.6) is 0 Å². The van der Waals surface area contributed by atoms with Crippen molar-refractivity contribution in [1.82, 2.24) is 9.21 Å². The van der Waals surface area contributed by atoms with Gasteiger partial charge in [0.2, 0.25) is 5.91 Å². The van der Waals surface area contributed by atoms with Crippen molar-refractivity contribution >= 4 is 38.9 Å². The van der Waals surface area contributed by atoms with Crippen LogP contribution in [0.3, 0.4) is 0 Å². The first-order valence-electron chi connectivity index (χ1n) is 11.9. The van der Waals surface area contributed by atoms with Crippen molar-refractivity contribution in [2.45, 2.75) is 17.4 Å². The molecule has 2 bridgehead atoms. The summed E-state index contributed by atoms with van der Waals surface area (Å²) in [5.74, 6) is -1.03.